The zero-order valence-corrected chi connectivity index (χ0v) is 19.8. The Morgan fingerprint density at radius 2 is 1.94 bits per heavy atom. The SMILES string of the molecule is CCCCc1cn(C2CCCC2C)c(=O)n1Cc1cnccc1-c1ccc(-c2nn[nH]n2)cc1. The molecule has 8 nitrogen and oxygen atoms in total. The van der Waals surface area contributed by atoms with Gasteiger partial charge < -0.3 is 0 Å². The molecule has 1 fully saturated rings. The Balaban J connectivity index is 1.49. The summed E-state index contributed by atoms with van der Waals surface area (Å²) in [5, 5.41) is 14.2. The Labute approximate surface area is 199 Å². The Bertz CT molecular complexity index is 1290. The third kappa shape index (κ3) is 4.32. The van der Waals surface area contributed by atoms with E-state index < -0.39 is 0 Å². The summed E-state index contributed by atoms with van der Waals surface area (Å²) in [6, 6.07) is 10.4. The fourth-order valence-corrected chi connectivity index (χ4v) is 5.14. The highest BCUT2D eigenvalue weighted by Gasteiger charge is 2.28. The number of nitrogens with one attached hydrogen (secondary N) is 1. The summed E-state index contributed by atoms with van der Waals surface area (Å²) >= 11 is 0. The number of hydrogen-bond donors (Lipinski definition) is 1. The second-order valence-corrected chi connectivity index (χ2v) is 9.32. The Morgan fingerprint density at radius 3 is 2.65 bits per heavy atom. The number of aromatic amines is 1. The third-order valence-electron chi connectivity index (χ3n) is 7.08. The van der Waals surface area contributed by atoms with Crippen LogP contribution in [-0.4, -0.2) is 34.7 Å². The fourth-order valence-electron chi connectivity index (χ4n) is 5.14. The molecule has 1 aromatic carbocycles. The van der Waals surface area contributed by atoms with Crippen molar-refractivity contribution < 1.29 is 0 Å². The molecular formula is C26H31N7O. The van der Waals surface area contributed by atoms with Crippen LogP contribution in [0.25, 0.3) is 22.5 Å². The van der Waals surface area contributed by atoms with Crippen molar-refractivity contribution in [2.75, 3.05) is 0 Å². The van der Waals surface area contributed by atoms with Gasteiger partial charge in [0.05, 0.1) is 6.54 Å². The first-order valence-corrected chi connectivity index (χ1v) is 12.2. The lowest BCUT2D eigenvalue weighted by atomic mass is 10.00. The first-order valence-electron chi connectivity index (χ1n) is 12.2. The Hall–Kier alpha value is -3.55. The van der Waals surface area contributed by atoms with E-state index in [1.165, 1.54) is 12.8 Å². The molecule has 2 unspecified atom stereocenters. The molecule has 0 amide bonds. The van der Waals surface area contributed by atoms with E-state index in [-0.39, 0.29) is 5.69 Å². The molecule has 3 heterocycles. The van der Waals surface area contributed by atoms with E-state index >= 15 is 0 Å². The molecule has 1 aliphatic rings. The van der Waals surface area contributed by atoms with E-state index in [9.17, 15) is 4.79 Å². The van der Waals surface area contributed by atoms with E-state index in [1.54, 1.807) is 6.20 Å². The summed E-state index contributed by atoms with van der Waals surface area (Å²) in [6.07, 6.45) is 12.4. The maximum Gasteiger partial charge on any atom is 0.328 e. The largest absolute Gasteiger partial charge is 0.328 e. The number of benzene rings is 1. The van der Waals surface area contributed by atoms with Gasteiger partial charge in [0.2, 0.25) is 5.82 Å². The summed E-state index contributed by atoms with van der Waals surface area (Å²) in [4.78, 5) is 18.0. The van der Waals surface area contributed by atoms with Crippen LogP contribution in [0.3, 0.4) is 0 Å². The zero-order valence-electron chi connectivity index (χ0n) is 19.8. The standard InChI is InChI=1S/C26H31N7O/c1-3-4-7-22-17-33(24-8-5-6-18(24)2)26(34)32(22)16-21-15-27-14-13-23(21)19-9-11-20(12-10-19)25-28-30-31-29-25/h9-15,17-18,24H,3-8,16H2,1-2H3,(H,28,29,30,31). The normalized spacial score (nSPS) is 17.9. The van der Waals surface area contributed by atoms with Crippen molar-refractivity contribution in [1.82, 2.24) is 34.7 Å². The number of hydrogen-bond acceptors (Lipinski definition) is 5. The molecule has 176 valence electrons. The monoisotopic (exact) mass is 457 g/mol. The van der Waals surface area contributed by atoms with Crippen molar-refractivity contribution in [3.63, 3.8) is 0 Å². The van der Waals surface area contributed by atoms with E-state index in [0.29, 0.717) is 24.3 Å². The summed E-state index contributed by atoms with van der Waals surface area (Å²) in [5.41, 5.74) is 5.29. The van der Waals surface area contributed by atoms with E-state index in [1.807, 2.05) is 33.5 Å². The highest BCUT2D eigenvalue weighted by molar-refractivity contribution is 5.69. The van der Waals surface area contributed by atoms with Gasteiger partial charge in [-0.2, -0.15) is 5.21 Å². The fraction of sp³-hybridized carbons (Fsp3) is 0.423. The highest BCUT2D eigenvalue weighted by Crippen LogP contribution is 2.35. The maximum atomic E-state index is 13.6. The molecule has 5 rings (SSSR count). The highest BCUT2D eigenvalue weighted by atomic mass is 16.1. The lowest BCUT2D eigenvalue weighted by Crippen LogP contribution is -2.29. The van der Waals surface area contributed by atoms with Crippen LogP contribution >= 0.6 is 0 Å². The van der Waals surface area contributed by atoms with E-state index in [2.05, 4.69) is 57.8 Å². The molecule has 0 saturated heterocycles. The molecule has 0 radical (unpaired) electrons. The van der Waals surface area contributed by atoms with Gasteiger partial charge in [-0.25, -0.2) is 4.79 Å². The second-order valence-electron chi connectivity index (χ2n) is 9.32. The summed E-state index contributed by atoms with van der Waals surface area (Å²) in [6.45, 7) is 4.97. The number of rotatable bonds is 8. The van der Waals surface area contributed by atoms with Gasteiger partial charge in [-0.3, -0.25) is 14.1 Å². The maximum absolute atomic E-state index is 13.6. The topological polar surface area (TPSA) is 94.3 Å². The minimum atomic E-state index is 0.104. The first kappa shape index (κ1) is 22.3. The van der Waals surface area contributed by atoms with Crippen molar-refractivity contribution in [3.8, 4) is 22.5 Å². The molecule has 8 heteroatoms. The molecule has 1 aliphatic carbocycles. The number of imidazole rings is 1. The van der Waals surface area contributed by atoms with Gasteiger partial charge in [0, 0.05) is 35.9 Å². The van der Waals surface area contributed by atoms with Crippen molar-refractivity contribution in [2.45, 2.75) is 65.0 Å². The molecule has 1 saturated carbocycles. The van der Waals surface area contributed by atoms with Crippen LogP contribution in [-0.2, 0) is 13.0 Å². The average Bonchev–Trinajstić information content (AvgIpc) is 3.61. The van der Waals surface area contributed by atoms with E-state index in [4.69, 9.17) is 0 Å². The van der Waals surface area contributed by atoms with Crippen molar-refractivity contribution >= 4 is 0 Å². The number of aromatic nitrogens is 7. The van der Waals surface area contributed by atoms with Crippen molar-refractivity contribution in [3.05, 3.63) is 70.7 Å². The van der Waals surface area contributed by atoms with Crippen LogP contribution in [0.15, 0.2) is 53.7 Å². The predicted molar refractivity (Wildman–Crippen MR) is 131 cm³/mol. The third-order valence-corrected chi connectivity index (χ3v) is 7.08. The molecule has 2 atom stereocenters. The molecule has 0 spiro atoms. The molecule has 34 heavy (non-hydrogen) atoms. The number of H-pyrrole nitrogens is 1. The van der Waals surface area contributed by atoms with Crippen LogP contribution in [0.4, 0.5) is 0 Å². The predicted octanol–water partition coefficient (Wildman–Crippen LogP) is 4.64. The van der Waals surface area contributed by atoms with Crippen LogP contribution in [0.5, 0.6) is 0 Å². The number of unbranched alkanes of at least 4 members (excludes halogenated alkanes) is 1. The molecule has 0 aliphatic heterocycles. The Morgan fingerprint density at radius 1 is 1.12 bits per heavy atom. The quantitative estimate of drug-likeness (QED) is 0.416. The summed E-state index contributed by atoms with van der Waals surface area (Å²) in [7, 11) is 0. The molecule has 1 N–H and O–H groups in total. The van der Waals surface area contributed by atoms with Gasteiger partial charge in [0.1, 0.15) is 0 Å². The average molecular weight is 458 g/mol. The van der Waals surface area contributed by atoms with Crippen molar-refractivity contribution in [2.24, 2.45) is 5.92 Å². The summed E-state index contributed by atoms with van der Waals surface area (Å²) in [5.74, 6) is 1.11. The van der Waals surface area contributed by atoms with Gasteiger partial charge in [-0.05, 0) is 59.6 Å². The Kier molecular flexibility index (Phi) is 6.38. The first-order chi connectivity index (χ1) is 16.7. The smallest absolute Gasteiger partial charge is 0.296 e. The molecule has 4 aromatic rings. The van der Waals surface area contributed by atoms with Crippen LogP contribution < -0.4 is 5.69 Å². The van der Waals surface area contributed by atoms with Crippen LogP contribution in [0.2, 0.25) is 0 Å². The zero-order chi connectivity index (χ0) is 23.5. The lowest BCUT2D eigenvalue weighted by molar-refractivity contribution is 0.394. The molecule has 3 aromatic heterocycles. The van der Waals surface area contributed by atoms with Gasteiger partial charge >= 0.3 is 5.69 Å². The number of aryl methyl sites for hydroxylation is 1. The van der Waals surface area contributed by atoms with Crippen LogP contribution in [0, 0.1) is 5.92 Å². The van der Waals surface area contributed by atoms with Crippen molar-refractivity contribution in [1.29, 1.82) is 0 Å². The number of pyridine rings is 1. The van der Waals surface area contributed by atoms with Gasteiger partial charge in [0.25, 0.3) is 0 Å². The van der Waals surface area contributed by atoms with Gasteiger partial charge in [-0.15, -0.1) is 10.2 Å². The van der Waals surface area contributed by atoms with E-state index in [0.717, 1.165) is 53.6 Å². The van der Waals surface area contributed by atoms with Gasteiger partial charge in [0.15, 0.2) is 0 Å². The second kappa shape index (κ2) is 9.75. The van der Waals surface area contributed by atoms with Crippen LogP contribution in [0.1, 0.15) is 63.3 Å². The molecule has 0 bridgehead atoms. The molecular weight excluding hydrogens is 426 g/mol. The lowest BCUT2D eigenvalue weighted by Gasteiger charge is -2.16. The minimum absolute atomic E-state index is 0.104. The minimum Gasteiger partial charge on any atom is -0.296 e. The number of tetrazole rings is 1. The number of nitrogens with zero attached hydrogens (tertiary/aromatic N) is 6. The van der Waals surface area contributed by atoms with Gasteiger partial charge in [-0.1, -0.05) is 51.0 Å². The summed E-state index contributed by atoms with van der Waals surface area (Å²) < 4.78 is 3.98.